The molecule has 1 aromatic rings. The number of benzene rings is 1. The fourth-order valence-corrected chi connectivity index (χ4v) is 2.01. The topological polar surface area (TPSA) is 9.23 Å². The summed E-state index contributed by atoms with van der Waals surface area (Å²) in [4.78, 5) is 0. The van der Waals surface area contributed by atoms with Gasteiger partial charge in [-0.1, -0.05) is 12.1 Å². The Bertz CT molecular complexity index is 277. The first kappa shape index (κ1) is 9.46. The zero-order chi connectivity index (χ0) is 9.26. The standard InChI is InChI=1S/C11H13IO/c1-13-11(8-2-3-8)9-4-6-10(12)7-5-9/h4-8,11H,2-3H2,1H3. The molecule has 13 heavy (non-hydrogen) atoms. The zero-order valence-corrected chi connectivity index (χ0v) is 9.82. The van der Waals surface area contributed by atoms with E-state index in [2.05, 4.69) is 46.9 Å². The molecule has 0 saturated heterocycles. The second-order valence-electron chi connectivity index (χ2n) is 3.55. The Morgan fingerprint density at radius 3 is 2.38 bits per heavy atom. The van der Waals surface area contributed by atoms with Crippen molar-refractivity contribution in [3.8, 4) is 0 Å². The maximum atomic E-state index is 5.50. The van der Waals surface area contributed by atoms with Crippen molar-refractivity contribution in [1.29, 1.82) is 0 Å². The highest BCUT2D eigenvalue weighted by atomic mass is 127. The number of hydrogen-bond acceptors (Lipinski definition) is 1. The molecule has 0 spiro atoms. The van der Waals surface area contributed by atoms with E-state index in [9.17, 15) is 0 Å². The molecule has 0 N–H and O–H groups in total. The van der Waals surface area contributed by atoms with Gasteiger partial charge in [-0.15, -0.1) is 0 Å². The molecular weight excluding hydrogens is 275 g/mol. The molecule has 2 rings (SSSR count). The van der Waals surface area contributed by atoms with Gasteiger partial charge in [-0.3, -0.25) is 0 Å². The summed E-state index contributed by atoms with van der Waals surface area (Å²) in [5, 5.41) is 0. The van der Waals surface area contributed by atoms with Crippen LogP contribution in [-0.2, 0) is 4.74 Å². The van der Waals surface area contributed by atoms with Gasteiger partial charge in [-0.25, -0.2) is 0 Å². The average molecular weight is 288 g/mol. The fourth-order valence-electron chi connectivity index (χ4n) is 1.65. The van der Waals surface area contributed by atoms with E-state index in [0.717, 1.165) is 5.92 Å². The Kier molecular flexibility index (Phi) is 2.89. The molecule has 2 heteroatoms. The van der Waals surface area contributed by atoms with Crippen LogP contribution < -0.4 is 0 Å². The average Bonchev–Trinajstić information content (AvgIpc) is 2.93. The van der Waals surface area contributed by atoms with Crippen LogP contribution >= 0.6 is 22.6 Å². The summed E-state index contributed by atoms with van der Waals surface area (Å²) < 4.78 is 6.78. The number of halogens is 1. The molecular formula is C11H13IO. The number of methoxy groups -OCH3 is 1. The van der Waals surface area contributed by atoms with Gasteiger partial charge >= 0.3 is 0 Å². The highest BCUT2D eigenvalue weighted by molar-refractivity contribution is 14.1. The molecule has 1 aromatic carbocycles. The van der Waals surface area contributed by atoms with Gasteiger partial charge in [-0.05, 0) is 59.0 Å². The Morgan fingerprint density at radius 2 is 1.92 bits per heavy atom. The predicted octanol–water partition coefficient (Wildman–Crippen LogP) is 3.39. The van der Waals surface area contributed by atoms with Gasteiger partial charge in [0.2, 0.25) is 0 Å². The molecule has 1 saturated carbocycles. The van der Waals surface area contributed by atoms with Crippen molar-refractivity contribution in [1.82, 2.24) is 0 Å². The lowest BCUT2D eigenvalue weighted by molar-refractivity contribution is 0.0846. The Balaban J connectivity index is 2.17. The zero-order valence-electron chi connectivity index (χ0n) is 7.66. The molecule has 1 aliphatic carbocycles. The van der Waals surface area contributed by atoms with E-state index in [0.29, 0.717) is 6.10 Å². The summed E-state index contributed by atoms with van der Waals surface area (Å²) in [6.07, 6.45) is 2.98. The van der Waals surface area contributed by atoms with Gasteiger partial charge in [0.1, 0.15) is 0 Å². The van der Waals surface area contributed by atoms with E-state index in [4.69, 9.17) is 4.74 Å². The van der Waals surface area contributed by atoms with Gasteiger partial charge < -0.3 is 4.74 Å². The van der Waals surface area contributed by atoms with Crippen LogP contribution in [-0.4, -0.2) is 7.11 Å². The van der Waals surface area contributed by atoms with Crippen molar-refractivity contribution in [3.63, 3.8) is 0 Å². The Hall–Kier alpha value is -0.0900. The molecule has 1 unspecified atom stereocenters. The van der Waals surface area contributed by atoms with Crippen LogP contribution in [0.2, 0.25) is 0 Å². The highest BCUT2D eigenvalue weighted by Gasteiger charge is 2.32. The summed E-state index contributed by atoms with van der Waals surface area (Å²) in [6, 6.07) is 8.64. The SMILES string of the molecule is COC(c1ccc(I)cc1)C1CC1. The molecule has 0 amide bonds. The molecule has 0 radical (unpaired) electrons. The van der Waals surface area contributed by atoms with Gasteiger partial charge in [0.25, 0.3) is 0 Å². The second kappa shape index (κ2) is 3.96. The summed E-state index contributed by atoms with van der Waals surface area (Å²) in [5.74, 6) is 0.769. The van der Waals surface area contributed by atoms with Gasteiger partial charge in [0, 0.05) is 10.7 Å². The van der Waals surface area contributed by atoms with Crippen LogP contribution in [0, 0.1) is 9.49 Å². The van der Waals surface area contributed by atoms with Crippen LogP contribution in [0.4, 0.5) is 0 Å². The molecule has 70 valence electrons. The third-order valence-corrected chi connectivity index (χ3v) is 3.22. The summed E-state index contributed by atoms with van der Waals surface area (Å²) in [7, 11) is 1.81. The van der Waals surface area contributed by atoms with Gasteiger partial charge in [-0.2, -0.15) is 0 Å². The van der Waals surface area contributed by atoms with Crippen molar-refractivity contribution in [2.45, 2.75) is 18.9 Å². The predicted molar refractivity (Wildman–Crippen MR) is 61.6 cm³/mol. The van der Waals surface area contributed by atoms with E-state index in [-0.39, 0.29) is 0 Å². The van der Waals surface area contributed by atoms with Crippen LogP contribution in [0.1, 0.15) is 24.5 Å². The largest absolute Gasteiger partial charge is 0.376 e. The lowest BCUT2D eigenvalue weighted by atomic mass is 10.1. The quantitative estimate of drug-likeness (QED) is 0.775. The summed E-state index contributed by atoms with van der Waals surface area (Å²) in [5.41, 5.74) is 1.32. The number of hydrogen-bond donors (Lipinski definition) is 0. The van der Waals surface area contributed by atoms with Crippen molar-refractivity contribution in [2.24, 2.45) is 5.92 Å². The minimum absolute atomic E-state index is 0.331. The van der Waals surface area contributed by atoms with Crippen molar-refractivity contribution < 1.29 is 4.74 Å². The number of ether oxygens (including phenoxy) is 1. The lowest BCUT2D eigenvalue weighted by Gasteiger charge is -2.14. The van der Waals surface area contributed by atoms with Crippen LogP contribution in [0.3, 0.4) is 0 Å². The molecule has 1 nitrogen and oxygen atoms in total. The molecule has 0 aliphatic heterocycles. The maximum absolute atomic E-state index is 5.50. The number of rotatable bonds is 3. The molecule has 0 heterocycles. The smallest absolute Gasteiger partial charge is 0.0849 e. The third-order valence-electron chi connectivity index (χ3n) is 2.50. The van der Waals surface area contributed by atoms with E-state index < -0.39 is 0 Å². The molecule has 1 fully saturated rings. The van der Waals surface area contributed by atoms with Crippen molar-refractivity contribution >= 4 is 22.6 Å². The van der Waals surface area contributed by atoms with Crippen molar-refractivity contribution in [3.05, 3.63) is 33.4 Å². The first-order valence-corrected chi connectivity index (χ1v) is 5.67. The van der Waals surface area contributed by atoms with Gasteiger partial charge in [0.15, 0.2) is 0 Å². The fraction of sp³-hybridized carbons (Fsp3) is 0.455. The van der Waals surface area contributed by atoms with Crippen molar-refractivity contribution in [2.75, 3.05) is 7.11 Å². The molecule has 0 aromatic heterocycles. The van der Waals surface area contributed by atoms with E-state index in [1.54, 1.807) is 7.11 Å². The van der Waals surface area contributed by atoms with Gasteiger partial charge in [0.05, 0.1) is 6.10 Å². The van der Waals surface area contributed by atoms with E-state index in [1.807, 2.05) is 0 Å². The van der Waals surface area contributed by atoms with Crippen LogP contribution in [0.15, 0.2) is 24.3 Å². The Morgan fingerprint density at radius 1 is 1.31 bits per heavy atom. The van der Waals surface area contributed by atoms with Crippen LogP contribution in [0.5, 0.6) is 0 Å². The lowest BCUT2D eigenvalue weighted by Crippen LogP contribution is -2.03. The third kappa shape index (κ3) is 2.23. The monoisotopic (exact) mass is 288 g/mol. The second-order valence-corrected chi connectivity index (χ2v) is 4.79. The highest BCUT2D eigenvalue weighted by Crippen LogP contribution is 2.42. The normalized spacial score (nSPS) is 18.6. The Labute approximate surface area is 92.6 Å². The van der Waals surface area contributed by atoms with E-state index in [1.165, 1.54) is 22.0 Å². The minimum atomic E-state index is 0.331. The maximum Gasteiger partial charge on any atom is 0.0849 e. The first-order chi connectivity index (χ1) is 6.31. The molecule has 1 atom stereocenters. The molecule has 1 aliphatic rings. The first-order valence-electron chi connectivity index (χ1n) is 4.59. The molecule has 0 bridgehead atoms. The van der Waals surface area contributed by atoms with Crippen LogP contribution in [0.25, 0.3) is 0 Å². The summed E-state index contributed by atoms with van der Waals surface area (Å²) in [6.45, 7) is 0. The minimum Gasteiger partial charge on any atom is -0.376 e. The van der Waals surface area contributed by atoms with E-state index >= 15 is 0 Å². The summed E-state index contributed by atoms with van der Waals surface area (Å²) >= 11 is 2.32.